The molecular formula is C21H38N2O4. The van der Waals surface area contributed by atoms with Gasteiger partial charge < -0.3 is 15.8 Å². The molecule has 1 rings (SSSR count). The van der Waals surface area contributed by atoms with Crippen LogP contribution >= 0.6 is 0 Å². The molecular weight excluding hydrogens is 344 g/mol. The molecule has 1 fully saturated rings. The van der Waals surface area contributed by atoms with E-state index in [0.29, 0.717) is 12.8 Å². The average molecular weight is 383 g/mol. The fourth-order valence-electron chi connectivity index (χ4n) is 4.09. The second-order valence-corrected chi connectivity index (χ2v) is 8.61. The molecule has 1 saturated heterocycles. The van der Waals surface area contributed by atoms with Gasteiger partial charge in [0, 0.05) is 17.4 Å². The molecule has 156 valence electrons. The molecule has 3 atom stereocenters. The van der Waals surface area contributed by atoms with E-state index >= 15 is 0 Å². The Balaban J connectivity index is 2.87. The van der Waals surface area contributed by atoms with Gasteiger partial charge in [-0.3, -0.25) is 9.59 Å². The number of amides is 1. The monoisotopic (exact) mass is 382 g/mol. The number of Topliss-reactive ketones (excluding diaryl/α,β-unsaturated/α-hetero) is 1. The number of nitrogens with two attached hydrogens (primary N) is 1. The molecule has 1 heterocycles. The van der Waals surface area contributed by atoms with Crippen LogP contribution in [0.2, 0.25) is 0 Å². The molecule has 3 N–H and O–H groups in total. The van der Waals surface area contributed by atoms with E-state index in [4.69, 9.17) is 10.5 Å². The first kappa shape index (κ1) is 23.6. The normalized spacial score (nSPS) is 22.0. The van der Waals surface area contributed by atoms with Crippen molar-refractivity contribution >= 4 is 17.7 Å². The van der Waals surface area contributed by atoms with Crippen LogP contribution in [0.1, 0.15) is 85.5 Å². The van der Waals surface area contributed by atoms with E-state index < -0.39 is 17.4 Å². The van der Waals surface area contributed by atoms with E-state index in [9.17, 15) is 14.4 Å². The number of carbonyl (C=O) groups excluding carboxylic acids is 3. The second kappa shape index (κ2) is 10.2. The van der Waals surface area contributed by atoms with Gasteiger partial charge in [-0.25, -0.2) is 4.79 Å². The fourth-order valence-corrected chi connectivity index (χ4v) is 4.09. The van der Waals surface area contributed by atoms with Crippen LogP contribution in [0, 0.1) is 11.8 Å². The van der Waals surface area contributed by atoms with Crippen LogP contribution in [0.3, 0.4) is 0 Å². The van der Waals surface area contributed by atoms with Crippen LogP contribution in [0.5, 0.6) is 0 Å². The van der Waals surface area contributed by atoms with E-state index in [1.807, 2.05) is 20.8 Å². The molecule has 1 aliphatic heterocycles. The lowest BCUT2D eigenvalue weighted by atomic mass is 9.76. The van der Waals surface area contributed by atoms with Gasteiger partial charge in [0.15, 0.2) is 11.3 Å². The van der Waals surface area contributed by atoms with Gasteiger partial charge in [0.25, 0.3) is 0 Å². The zero-order valence-electron chi connectivity index (χ0n) is 17.7. The highest BCUT2D eigenvalue weighted by molar-refractivity contribution is 6.09. The van der Waals surface area contributed by atoms with Crippen LogP contribution in [0.25, 0.3) is 0 Å². The number of esters is 1. The second-order valence-electron chi connectivity index (χ2n) is 8.61. The lowest BCUT2D eigenvalue weighted by Gasteiger charge is -2.30. The van der Waals surface area contributed by atoms with Crippen molar-refractivity contribution in [3.05, 3.63) is 0 Å². The fraction of sp³-hybridized carbons (Fsp3) is 0.857. The Morgan fingerprint density at radius 3 is 2.37 bits per heavy atom. The summed E-state index contributed by atoms with van der Waals surface area (Å²) in [5.41, 5.74) is 4.23. The summed E-state index contributed by atoms with van der Waals surface area (Å²) in [6.07, 6.45) is 7.43. The first-order valence-corrected chi connectivity index (χ1v) is 10.3. The minimum Gasteiger partial charge on any atom is -0.467 e. The van der Waals surface area contributed by atoms with Crippen molar-refractivity contribution in [1.82, 2.24) is 5.32 Å². The quantitative estimate of drug-likeness (QED) is 0.307. The average Bonchev–Trinajstić information content (AvgIpc) is 2.88. The van der Waals surface area contributed by atoms with Crippen molar-refractivity contribution < 1.29 is 19.1 Å². The van der Waals surface area contributed by atoms with Gasteiger partial charge in [0.05, 0.1) is 7.11 Å². The van der Waals surface area contributed by atoms with Crippen molar-refractivity contribution in [3.63, 3.8) is 0 Å². The molecule has 0 bridgehead atoms. The van der Waals surface area contributed by atoms with Crippen molar-refractivity contribution in [2.24, 2.45) is 17.6 Å². The van der Waals surface area contributed by atoms with E-state index in [1.165, 1.54) is 20.0 Å². The van der Waals surface area contributed by atoms with Gasteiger partial charge in [-0.05, 0) is 39.5 Å². The molecule has 0 spiro atoms. The summed E-state index contributed by atoms with van der Waals surface area (Å²) < 4.78 is 4.87. The van der Waals surface area contributed by atoms with Crippen LogP contribution in [0.15, 0.2) is 0 Å². The first-order chi connectivity index (χ1) is 12.6. The van der Waals surface area contributed by atoms with Crippen molar-refractivity contribution in [3.8, 4) is 0 Å². The Morgan fingerprint density at radius 1 is 1.26 bits per heavy atom. The standard InChI is InChI=1S/C21H38N2O4/c1-6-8-9-10-11-12-15(7-2)17(24)21(22,19(26)27-5)14-16-13-20(3,4)23-18(16)25/h15-16H,6-14,22H2,1-5H3,(H,23,25). The Labute approximate surface area is 164 Å². The van der Waals surface area contributed by atoms with E-state index in [0.717, 1.165) is 25.7 Å². The summed E-state index contributed by atoms with van der Waals surface area (Å²) in [6.45, 7) is 7.96. The minimum absolute atomic E-state index is 0.000104. The number of ether oxygens (including phenoxy) is 1. The lowest BCUT2D eigenvalue weighted by Crippen LogP contribution is -2.59. The molecule has 0 aromatic heterocycles. The van der Waals surface area contributed by atoms with Crippen LogP contribution < -0.4 is 11.1 Å². The zero-order valence-corrected chi connectivity index (χ0v) is 17.7. The van der Waals surface area contributed by atoms with Crippen LogP contribution in [-0.2, 0) is 19.1 Å². The third-order valence-electron chi connectivity index (χ3n) is 5.67. The number of ketones is 1. The molecule has 6 nitrogen and oxygen atoms in total. The number of unbranched alkanes of at least 4 members (excludes halogenated alkanes) is 4. The predicted molar refractivity (Wildman–Crippen MR) is 106 cm³/mol. The summed E-state index contributed by atoms with van der Waals surface area (Å²) in [5, 5.41) is 2.90. The van der Waals surface area contributed by atoms with E-state index in [1.54, 1.807) is 0 Å². The summed E-state index contributed by atoms with van der Waals surface area (Å²) in [4.78, 5) is 38.0. The summed E-state index contributed by atoms with van der Waals surface area (Å²) >= 11 is 0. The topological polar surface area (TPSA) is 98.5 Å². The van der Waals surface area contributed by atoms with E-state index in [2.05, 4.69) is 12.2 Å². The molecule has 6 heteroatoms. The van der Waals surface area contributed by atoms with Gasteiger partial charge in [-0.2, -0.15) is 0 Å². The third-order valence-corrected chi connectivity index (χ3v) is 5.67. The van der Waals surface area contributed by atoms with Gasteiger partial charge in [0.1, 0.15) is 0 Å². The van der Waals surface area contributed by atoms with Gasteiger partial charge in [-0.1, -0.05) is 46.0 Å². The maximum absolute atomic E-state index is 13.2. The molecule has 0 radical (unpaired) electrons. The number of nitrogens with one attached hydrogen (secondary N) is 1. The Kier molecular flexibility index (Phi) is 8.92. The minimum atomic E-state index is -1.76. The number of hydrogen-bond acceptors (Lipinski definition) is 5. The molecule has 1 aliphatic rings. The molecule has 1 amide bonds. The Bertz CT molecular complexity index is 532. The highest BCUT2D eigenvalue weighted by Crippen LogP contribution is 2.33. The van der Waals surface area contributed by atoms with Crippen LogP contribution in [-0.4, -0.2) is 35.8 Å². The summed E-state index contributed by atoms with van der Waals surface area (Å²) in [7, 11) is 1.24. The first-order valence-electron chi connectivity index (χ1n) is 10.3. The van der Waals surface area contributed by atoms with Gasteiger partial charge in [-0.15, -0.1) is 0 Å². The maximum atomic E-state index is 13.2. The molecule has 0 saturated carbocycles. The zero-order chi connectivity index (χ0) is 20.7. The van der Waals surface area contributed by atoms with E-state index in [-0.39, 0.29) is 29.6 Å². The lowest BCUT2D eigenvalue weighted by molar-refractivity contribution is -0.153. The molecule has 27 heavy (non-hydrogen) atoms. The SMILES string of the molecule is CCCCCCCC(CC)C(=O)C(N)(CC1CC(C)(C)NC1=O)C(=O)OC. The Hall–Kier alpha value is -1.43. The number of rotatable bonds is 12. The third kappa shape index (κ3) is 6.30. The van der Waals surface area contributed by atoms with Gasteiger partial charge >= 0.3 is 5.97 Å². The maximum Gasteiger partial charge on any atom is 0.333 e. The van der Waals surface area contributed by atoms with Crippen molar-refractivity contribution in [1.29, 1.82) is 0 Å². The van der Waals surface area contributed by atoms with Crippen molar-refractivity contribution in [2.45, 2.75) is 96.6 Å². The van der Waals surface area contributed by atoms with Crippen LogP contribution in [0.4, 0.5) is 0 Å². The summed E-state index contributed by atoms with van der Waals surface area (Å²) in [5.74, 6) is -1.93. The smallest absolute Gasteiger partial charge is 0.333 e. The molecule has 3 unspecified atom stereocenters. The molecule has 0 aromatic carbocycles. The number of hydrogen-bond donors (Lipinski definition) is 2. The summed E-state index contributed by atoms with van der Waals surface area (Å²) in [6, 6.07) is 0. The number of methoxy groups -OCH3 is 1. The largest absolute Gasteiger partial charge is 0.467 e. The highest BCUT2D eigenvalue weighted by Gasteiger charge is 2.50. The highest BCUT2D eigenvalue weighted by atomic mass is 16.5. The Morgan fingerprint density at radius 2 is 1.89 bits per heavy atom. The van der Waals surface area contributed by atoms with Crippen molar-refractivity contribution in [2.75, 3.05) is 7.11 Å². The molecule has 0 aromatic rings. The number of carbonyl (C=O) groups is 3. The predicted octanol–water partition coefficient (Wildman–Crippen LogP) is 3.12. The molecule has 0 aliphatic carbocycles. The van der Waals surface area contributed by atoms with Gasteiger partial charge in [0.2, 0.25) is 5.91 Å².